The molecule has 0 aliphatic heterocycles. The molecule has 1 aromatic rings. The van der Waals surface area contributed by atoms with Crippen molar-refractivity contribution in [3.8, 4) is 0 Å². The quantitative estimate of drug-likeness (QED) is 0.574. The Balaban J connectivity index is 2.62. The molecular weight excluding hydrogens is 314 g/mol. The summed E-state index contributed by atoms with van der Waals surface area (Å²) in [4.78, 5) is 11.9. The molecule has 4 N–H and O–H groups in total. The highest BCUT2D eigenvalue weighted by Crippen LogP contribution is 2.23. The van der Waals surface area contributed by atoms with Gasteiger partial charge in [0, 0.05) is 16.6 Å². The summed E-state index contributed by atoms with van der Waals surface area (Å²) in [5.41, 5.74) is 6.97. The molecule has 0 spiro atoms. The summed E-state index contributed by atoms with van der Waals surface area (Å²) < 4.78 is 0.749. The molecule has 0 heterocycles. The molecule has 6 heteroatoms. The highest BCUT2D eigenvalue weighted by molar-refractivity contribution is 9.10. The number of amides is 2. The van der Waals surface area contributed by atoms with Gasteiger partial charge >= 0.3 is 6.03 Å². The summed E-state index contributed by atoms with van der Waals surface area (Å²) in [6.45, 7) is 2.75. The Labute approximate surface area is 120 Å². The van der Waals surface area contributed by atoms with Gasteiger partial charge in [0.25, 0.3) is 0 Å². The number of benzene rings is 1. The number of hydrogen-bond donors (Lipinski definition) is 3. The molecule has 0 fully saturated rings. The fourth-order valence-electron chi connectivity index (χ4n) is 1.31. The topological polar surface area (TPSA) is 67.2 Å². The highest BCUT2D eigenvalue weighted by Gasteiger charge is 2.06. The lowest BCUT2D eigenvalue weighted by Gasteiger charge is -2.09. The van der Waals surface area contributed by atoms with E-state index in [0.717, 1.165) is 22.9 Å². The van der Waals surface area contributed by atoms with Crippen LogP contribution in [-0.2, 0) is 0 Å². The summed E-state index contributed by atoms with van der Waals surface area (Å²) in [6.07, 6.45) is 2.02. The van der Waals surface area contributed by atoms with Gasteiger partial charge in [-0.1, -0.05) is 25.6 Å². The van der Waals surface area contributed by atoms with Crippen LogP contribution in [0.1, 0.15) is 25.3 Å². The van der Waals surface area contributed by atoms with Crippen LogP contribution in [0.5, 0.6) is 0 Å². The average molecular weight is 330 g/mol. The summed E-state index contributed by atoms with van der Waals surface area (Å²) in [5, 5.41) is 5.53. The van der Waals surface area contributed by atoms with E-state index >= 15 is 0 Å². The minimum Gasteiger partial charge on any atom is -0.389 e. The van der Waals surface area contributed by atoms with Crippen molar-refractivity contribution in [2.75, 3.05) is 11.9 Å². The van der Waals surface area contributed by atoms with E-state index in [1.807, 2.05) is 0 Å². The largest absolute Gasteiger partial charge is 0.389 e. The summed E-state index contributed by atoms with van der Waals surface area (Å²) in [7, 11) is 0. The first-order chi connectivity index (χ1) is 8.54. The second kappa shape index (κ2) is 7.33. The van der Waals surface area contributed by atoms with E-state index in [9.17, 15) is 4.79 Å². The van der Waals surface area contributed by atoms with Crippen molar-refractivity contribution in [3.63, 3.8) is 0 Å². The van der Waals surface area contributed by atoms with Crippen LogP contribution in [-0.4, -0.2) is 17.6 Å². The van der Waals surface area contributed by atoms with Gasteiger partial charge in [-0.3, -0.25) is 0 Å². The van der Waals surface area contributed by atoms with Gasteiger partial charge in [-0.2, -0.15) is 0 Å². The van der Waals surface area contributed by atoms with Gasteiger partial charge in [0.05, 0.1) is 5.69 Å². The number of carbonyl (C=O) groups excluding carboxylic acids is 1. The molecule has 1 rings (SSSR count). The third-order valence-electron chi connectivity index (χ3n) is 2.32. The maximum absolute atomic E-state index is 11.6. The van der Waals surface area contributed by atoms with Gasteiger partial charge < -0.3 is 16.4 Å². The SMILES string of the molecule is CCCCNC(=O)Nc1ccc(C(N)=S)cc1Br. The van der Waals surface area contributed by atoms with Crippen LogP contribution in [0.4, 0.5) is 10.5 Å². The Morgan fingerprint density at radius 1 is 1.50 bits per heavy atom. The van der Waals surface area contributed by atoms with Crippen LogP contribution in [0.25, 0.3) is 0 Å². The van der Waals surface area contributed by atoms with Crippen molar-refractivity contribution in [3.05, 3.63) is 28.2 Å². The molecule has 0 aliphatic rings. The number of nitrogens with two attached hydrogens (primary N) is 1. The zero-order chi connectivity index (χ0) is 13.5. The lowest BCUT2D eigenvalue weighted by Crippen LogP contribution is -2.29. The second-order valence-corrected chi connectivity index (χ2v) is 5.09. The van der Waals surface area contributed by atoms with Gasteiger partial charge in [0.15, 0.2) is 0 Å². The molecule has 1 aromatic carbocycles. The Bertz CT molecular complexity index is 451. The minimum absolute atomic E-state index is 0.216. The maximum atomic E-state index is 11.6. The molecule has 0 saturated carbocycles. The van der Waals surface area contributed by atoms with Crippen LogP contribution in [0, 0.1) is 0 Å². The zero-order valence-corrected chi connectivity index (χ0v) is 12.5. The maximum Gasteiger partial charge on any atom is 0.319 e. The summed E-state index contributed by atoms with van der Waals surface area (Å²) in [5.74, 6) is 0. The molecule has 18 heavy (non-hydrogen) atoms. The van der Waals surface area contributed by atoms with Crippen molar-refractivity contribution in [1.29, 1.82) is 0 Å². The molecule has 0 aromatic heterocycles. The molecule has 0 saturated heterocycles. The van der Waals surface area contributed by atoms with Gasteiger partial charge in [0.2, 0.25) is 0 Å². The predicted molar refractivity (Wildman–Crippen MR) is 82.0 cm³/mol. The molecule has 0 radical (unpaired) electrons. The van der Waals surface area contributed by atoms with E-state index in [4.69, 9.17) is 18.0 Å². The lowest BCUT2D eigenvalue weighted by molar-refractivity contribution is 0.252. The van der Waals surface area contributed by atoms with E-state index in [1.54, 1.807) is 18.2 Å². The number of hydrogen-bond acceptors (Lipinski definition) is 2. The Morgan fingerprint density at radius 3 is 2.78 bits per heavy atom. The number of thiocarbonyl (C=S) groups is 1. The zero-order valence-electron chi connectivity index (χ0n) is 10.1. The van der Waals surface area contributed by atoms with E-state index in [0.29, 0.717) is 17.2 Å². The number of halogens is 1. The third-order valence-corrected chi connectivity index (χ3v) is 3.21. The number of nitrogens with one attached hydrogen (secondary N) is 2. The number of carbonyl (C=O) groups is 1. The van der Waals surface area contributed by atoms with Crippen LogP contribution in [0.15, 0.2) is 22.7 Å². The van der Waals surface area contributed by atoms with E-state index < -0.39 is 0 Å². The van der Waals surface area contributed by atoms with Crippen LogP contribution in [0.3, 0.4) is 0 Å². The minimum atomic E-state index is -0.216. The first kappa shape index (κ1) is 14.9. The lowest BCUT2D eigenvalue weighted by atomic mass is 10.2. The van der Waals surface area contributed by atoms with Crippen LogP contribution in [0.2, 0.25) is 0 Å². The molecule has 0 aliphatic carbocycles. The Hall–Kier alpha value is -1.14. The van der Waals surface area contributed by atoms with Crippen molar-refractivity contribution >= 4 is 44.9 Å². The average Bonchev–Trinajstić information content (AvgIpc) is 2.32. The van der Waals surface area contributed by atoms with Gasteiger partial charge in [-0.05, 0) is 40.5 Å². The first-order valence-electron chi connectivity index (χ1n) is 5.68. The smallest absolute Gasteiger partial charge is 0.319 e. The normalized spacial score (nSPS) is 9.89. The molecule has 4 nitrogen and oxygen atoms in total. The van der Waals surface area contributed by atoms with Crippen molar-refractivity contribution in [2.45, 2.75) is 19.8 Å². The first-order valence-corrected chi connectivity index (χ1v) is 6.89. The number of anilines is 1. The molecule has 0 unspecified atom stereocenters. The predicted octanol–water partition coefficient (Wildman–Crippen LogP) is 3.00. The van der Waals surface area contributed by atoms with Gasteiger partial charge in [-0.15, -0.1) is 0 Å². The second-order valence-electron chi connectivity index (χ2n) is 3.79. The van der Waals surface area contributed by atoms with Crippen molar-refractivity contribution in [2.24, 2.45) is 5.73 Å². The molecular formula is C12H16BrN3OS. The molecule has 98 valence electrons. The summed E-state index contributed by atoms with van der Waals surface area (Å²) in [6, 6.07) is 5.10. The number of unbranched alkanes of at least 4 members (excludes halogenated alkanes) is 1. The molecule has 0 bridgehead atoms. The Kier molecular flexibility index (Phi) is 6.07. The van der Waals surface area contributed by atoms with E-state index in [1.165, 1.54) is 0 Å². The summed E-state index contributed by atoms with van der Waals surface area (Å²) >= 11 is 8.25. The van der Waals surface area contributed by atoms with E-state index in [-0.39, 0.29) is 6.03 Å². The molecule has 2 amide bonds. The number of rotatable bonds is 5. The number of urea groups is 1. The highest BCUT2D eigenvalue weighted by atomic mass is 79.9. The Morgan fingerprint density at radius 2 is 2.22 bits per heavy atom. The van der Waals surface area contributed by atoms with Crippen molar-refractivity contribution < 1.29 is 4.79 Å². The van der Waals surface area contributed by atoms with Crippen LogP contribution >= 0.6 is 28.1 Å². The standard InChI is InChI=1S/C12H16BrN3OS/c1-2-3-6-15-12(17)16-10-5-4-8(11(14)18)7-9(10)13/h4-5,7H,2-3,6H2,1H3,(H2,14,18)(H2,15,16,17). The fourth-order valence-corrected chi connectivity index (χ4v) is 1.92. The third kappa shape index (κ3) is 4.62. The van der Waals surface area contributed by atoms with Crippen LogP contribution < -0.4 is 16.4 Å². The molecule has 0 atom stereocenters. The fraction of sp³-hybridized carbons (Fsp3) is 0.333. The van der Waals surface area contributed by atoms with Gasteiger partial charge in [-0.25, -0.2) is 4.79 Å². The monoisotopic (exact) mass is 329 g/mol. The van der Waals surface area contributed by atoms with E-state index in [2.05, 4.69) is 33.5 Å². The van der Waals surface area contributed by atoms with Gasteiger partial charge in [0.1, 0.15) is 4.99 Å². The van der Waals surface area contributed by atoms with Crippen molar-refractivity contribution in [1.82, 2.24) is 5.32 Å².